The van der Waals surface area contributed by atoms with Crippen LogP contribution in [0, 0.1) is 0 Å². The molecule has 0 radical (unpaired) electrons. The smallest absolute Gasteiger partial charge is 0.416 e. The highest BCUT2D eigenvalue weighted by atomic mass is 19.4. The lowest BCUT2D eigenvalue weighted by Crippen LogP contribution is -2.60. The highest BCUT2D eigenvalue weighted by Crippen LogP contribution is 2.34. The molecule has 0 bridgehead atoms. The minimum Gasteiger partial charge on any atom is -0.480 e. The predicted molar refractivity (Wildman–Crippen MR) is 116 cm³/mol. The second-order valence-electron chi connectivity index (χ2n) is 8.61. The standard InChI is InChI=1S/C24H24F3N3O4/c25-24(26,27)18-8-4-7-17(14-18)21(33)29-11-9-23(10-12-29)28-19(13-16-5-2-1-3-6-16)22(34)30(23)15-20(31)32/h1-8,14,19,28H,9-13,15H2,(H,31,32). The molecule has 4 rings (SSSR count). The van der Waals surface area contributed by atoms with Gasteiger partial charge in [-0.15, -0.1) is 0 Å². The van der Waals surface area contributed by atoms with Gasteiger partial charge >= 0.3 is 12.1 Å². The maximum atomic E-state index is 13.1. The quantitative estimate of drug-likeness (QED) is 0.694. The summed E-state index contributed by atoms with van der Waals surface area (Å²) in [4.78, 5) is 40.2. The summed E-state index contributed by atoms with van der Waals surface area (Å²) in [6, 6.07) is 13.0. The van der Waals surface area contributed by atoms with Crippen molar-refractivity contribution in [2.75, 3.05) is 19.6 Å². The van der Waals surface area contributed by atoms with Crippen molar-refractivity contribution >= 4 is 17.8 Å². The van der Waals surface area contributed by atoms with Crippen LogP contribution in [0.2, 0.25) is 0 Å². The average molecular weight is 475 g/mol. The van der Waals surface area contributed by atoms with Crippen molar-refractivity contribution in [3.63, 3.8) is 0 Å². The molecule has 2 heterocycles. The highest BCUT2D eigenvalue weighted by molar-refractivity contribution is 5.94. The van der Waals surface area contributed by atoms with E-state index in [-0.39, 0.29) is 37.4 Å². The third-order valence-corrected chi connectivity index (χ3v) is 6.41. The minimum atomic E-state index is -4.55. The van der Waals surface area contributed by atoms with Crippen molar-refractivity contribution in [1.82, 2.24) is 15.1 Å². The fraction of sp³-hybridized carbons (Fsp3) is 0.375. The molecule has 2 saturated heterocycles. The second-order valence-corrected chi connectivity index (χ2v) is 8.61. The zero-order valence-corrected chi connectivity index (χ0v) is 18.2. The molecule has 10 heteroatoms. The van der Waals surface area contributed by atoms with Gasteiger partial charge < -0.3 is 14.9 Å². The highest BCUT2D eigenvalue weighted by Gasteiger charge is 2.52. The van der Waals surface area contributed by atoms with Crippen LogP contribution in [0.1, 0.15) is 34.3 Å². The van der Waals surface area contributed by atoms with Crippen LogP contribution in [0.25, 0.3) is 0 Å². The summed E-state index contributed by atoms with van der Waals surface area (Å²) in [6.45, 7) is -0.133. The first kappa shape index (κ1) is 23.7. The van der Waals surface area contributed by atoms with E-state index >= 15 is 0 Å². The molecule has 2 aromatic rings. The Bertz CT molecular complexity index is 1080. The lowest BCUT2D eigenvalue weighted by Gasteiger charge is -2.44. The van der Waals surface area contributed by atoms with Crippen LogP contribution in [0.5, 0.6) is 0 Å². The summed E-state index contributed by atoms with van der Waals surface area (Å²) in [5.41, 5.74) is -0.964. The van der Waals surface area contributed by atoms with E-state index < -0.39 is 41.9 Å². The fourth-order valence-corrected chi connectivity index (χ4v) is 4.72. The number of rotatable bonds is 5. The largest absolute Gasteiger partial charge is 0.480 e. The first-order valence-electron chi connectivity index (χ1n) is 10.9. The number of likely N-dealkylation sites (tertiary alicyclic amines) is 1. The Morgan fingerprint density at radius 2 is 1.74 bits per heavy atom. The molecule has 2 aromatic carbocycles. The van der Waals surface area contributed by atoms with Crippen molar-refractivity contribution in [2.45, 2.75) is 37.1 Å². The van der Waals surface area contributed by atoms with Crippen molar-refractivity contribution in [2.24, 2.45) is 0 Å². The number of nitrogens with one attached hydrogen (secondary N) is 1. The number of alkyl halides is 3. The third-order valence-electron chi connectivity index (χ3n) is 6.41. The maximum Gasteiger partial charge on any atom is 0.416 e. The van der Waals surface area contributed by atoms with Gasteiger partial charge in [0.1, 0.15) is 6.54 Å². The molecule has 1 atom stereocenters. The molecule has 2 aliphatic rings. The number of carbonyl (C=O) groups is 3. The summed E-state index contributed by atoms with van der Waals surface area (Å²) in [7, 11) is 0. The van der Waals surface area contributed by atoms with Gasteiger partial charge in [0.05, 0.1) is 17.3 Å². The number of carbonyl (C=O) groups excluding carboxylic acids is 2. The molecular weight excluding hydrogens is 451 g/mol. The van der Waals surface area contributed by atoms with E-state index in [0.717, 1.165) is 17.7 Å². The van der Waals surface area contributed by atoms with Gasteiger partial charge in [-0.3, -0.25) is 19.7 Å². The Morgan fingerprint density at radius 1 is 1.06 bits per heavy atom. The van der Waals surface area contributed by atoms with Crippen LogP contribution in [0.15, 0.2) is 54.6 Å². The molecule has 0 aliphatic carbocycles. The zero-order chi connectivity index (χ0) is 24.5. The van der Waals surface area contributed by atoms with Gasteiger partial charge in [0.15, 0.2) is 0 Å². The van der Waals surface area contributed by atoms with Crippen LogP contribution in [0.4, 0.5) is 13.2 Å². The second kappa shape index (κ2) is 9.09. The lowest BCUT2D eigenvalue weighted by molar-refractivity contribution is -0.147. The number of piperidine rings is 1. The molecule has 7 nitrogen and oxygen atoms in total. The summed E-state index contributed by atoms with van der Waals surface area (Å²) < 4.78 is 39.1. The number of amides is 2. The van der Waals surface area contributed by atoms with Crippen LogP contribution < -0.4 is 5.32 Å². The molecular formula is C24H24F3N3O4. The molecule has 34 heavy (non-hydrogen) atoms. The number of carboxylic acid groups (broad SMARTS) is 1. The number of hydrogen-bond acceptors (Lipinski definition) is 4. The number of benzene rings is 2. The normalized spacial score (nSPS) is 20.1. The van der Waals surface area contributed by atoms with Crippen LogP contribution in [0.3, 0.4) is 0 Å². The number of nitrogens with zero attached hydrogens (tertiary/aromatic N) is 2. The number of hydrogen-bond donors (Lipinski definition) is 2. The summed E-state index contributed by atoms with van der Waals surface area (Å²) in [6.07, 6.45) is -3.63. The number of carboxylic acids is 1. The van der Waals surface area contributed by atoms with Crippen molar-refractivity contribution in [3.8, 4) is 0 Å². The molecule has 0 aromatic heterocycles. The Labute approximate surface area is 194 Å². The van der Waals surface area contributed by atoms with Crippen molar-refractivity contribution in [1.29, 1.82) is 0 Å². The third kappa shape index (κ3) is 4.77. The Balaban J connectivity index is 1.50. The van der Waals surface area contributed by atoms with Gasteiger partial charge in [-0.1, -0.05) is 36.4 Å². The SMILES string of the molecule is O=C(O)CN1C(=O)C(Cc2ccccc2)NC12CCN(C(=O)c1cccc(C(F)(F)F)c1)CC2. The summed E-state index contributed by atoms with van der Waals surface area (Å²) in [5, 5.41) is 12.7. The Morgan fingerprint density at radius 3 is 2.35 bits per heavy atom. The fourth-order valence-electron chi connectivity index (χ4n) is 4.72. The number of aliphatic carboxylic acids is 1. The van der Waals surface area contributed by atoms with Gasteiger partial charge in [-0.05, 0) is 30.2 Å². The molecule has 2 aliphatic heterocycles. The molecule has 2 N–H and O–H groups in total. The number of halogens is 3. The van der Waals surface area contributed by atoms with E-state index in [9.17, 15) is 32.7 Å². The Hall–Kier alpha value is -3.40. The minimum absolute atomic E-state index is 0.0643. The monoisotopic (exact) mass is 475 g/mol. The molecule has 2 amide bonds. The van der Waals surface area contributed by atoms with E-state index in [0.29, 0.717) is 6.42 Å². The van der Waals surface area contributed by atoms with E-state index in [2.05, 4.69) is 5.32 Å². The first-order valence-corrected chi connectivity index (χ1v) is 10.9. The van der Waals surface area contributed by atoms with Crippen LogP contribution in [-0.4, -0.2) is 64.0 Å². The molecule has 180 valence electrons. The van der Waals surface area contributed by atoms with Crippen molar-refractivity contribution in [3.05, 3.63) is 71.3 Å². The predicted octanol–water partition coefficient (Wildman–Crippen LogP) is 2.77. The van der Waals surface area contributed by atoms with Gasteiger partial charge in [-0.25, -0.2) is 0 Å². The summed E-state index contributed by atoms with van der Waals surface area (Å²) >= 11 is 0. The molecule has 1 spiro atoms. The van der Waals surface area contributed by atoms with E-state index in [1.54, 1.807) is 0 Å². The zero-order valence-electron chi connectivity index (χ0n) is 18.2. The molecule has 2 fully saturated rings. The van der Waals surface area contributed by atoms with Gasteiger partial charge in [-0.2, -0.15) is 13.2 Å². The van der Waals surface area contributed by atoms with Gasteiger partial charge in [0, 0.05) is 31.5 Å². The summed E-state index contributed by atoms with van der Waals surface area (Å²) in [5.74, 6) is -1.99. The van der Waals surface area contributed by atoms with E-state index in [1.165, 1.54) is 21.9 Å². The van der Waals surface area contributed by atoms with Gasteiger partial charge in [0.2, 0.25) is 5.91 Å². The average Bonchev–Trinajstić information content (AvgIpc) is 3.04. The van der Waals surface area contributed by atoms with Crippen LogP contribution >= 0.6 is 0 Å². The van der Waals surface area contributed by atoms with Crippen molar-refractivity contribution < 1.29 is 32.7 Å². The Kier molecular flexibility index (Phi) is 6.35. The van der Waals surface area contributed by atoms with E-state index in [1.807, 2.05) is 30.3 Å². The first-order chi connectivity index (χ1) is 16.1. The maximum absolute atomic E-state index is 13.1. The van der Waals surface area contributed by atoms with E-state index in [4.69, 9.17) is 0 Å². The van der Waals surface area contributed by atoms with Gasteiger partial charge in [0.25, 0.3) is 5.91 Å². The lowest BCUT2D eigenvalue weighted by atomic mass is 9.95. The molecule has 1 unspecified atom stereocenters. The molecule has 0 saturated carbocycles. The topological polar surface area (TPSA) is 89.9 Å². The van der Waals surface area contributed by atoms with Crippen LogP contribution in [-0.2, 0) is 22.2 Å².